The van der Waals surface area contributed by atoms with Gasteiger partial charge in [0.2, 0.25) is 5.91 Å². The fourth-order valence-electron chi connectivity index (χ4n) is 2.53. The second kappa shape index (κ2) is 8.70. The van der Waals surface area contributed by atoms with Crippen LogP contribution in [0.1, 0.15) is 16.7 Å². The zero-order chi connectivity index (χ0) is 18.4. The highest BCUT2D eigenvalue weighted by Crippen LogP contribution is 2.25. The summed E-state index contributed by atoms with van der Waals surface area (Å²) in [6.07, 6.45) is 8.48. The van der Waals surface area contributed by atoms with Gasteiger partial charge >= 0.3 is 0 Å². The molecule has 0 saturated heterocycles. The van der Waals surface area contributed by atoms with E-state index in [4.69, 9.17) is 23.2 Å². The van der Waals surface area contributed by atoms with Crippen LogP contribution in [0.25, 0.3) is 6.08 Å². The predicted octanol–water partition coefficient (Wildman–Crippen LogP) is 4.57. The van der Waals surface area contributed by atoms with Crippen LogP contribution in [0.15, 0.2) is 67.3 Å². The SMILES string of the molecule is O=C(/C=C/c1c(Cl)cccc1Cl)NCc1ccccc1Cn1ccnc1. The smallest absolute Gasteiger partial charge is 0.244 e. The molecule has 0 spiro atoms. The van der Waals surface area contributed by atoms with Crippen LogP contribution in [0.4, 0.5) is 0 Å². The molecule has 0 fully saturated rings. The molecule has 0 unspecified atom stereocenters. The van der Waals surface area contributed by atoms with Crippen LogP contribution in [0.3, 0.4) is 0 Å². The Morgan fingerprint density at radius 1 is 1.08 bits per heavy atom. The summed E-state index contributed by atoms with van der Waals surface area (Å²) in [7, 11) is 0. The Kier molecular flexibility index (Phi) is 6.10. The fourth-order valence-corrected chi connectivity index (χ4v) is 3.05. The fraction of sp³-hybridized carbons (Fsp3) is 0.100. The molecule has 0 aliphatic heterocycles. The van der Waals surface area contributed by atoms with Gasteiger partial charge in [0.15, 0.2) is 0 Å². The number of benzene rings is 2. The zero-order valence-corrected chi connectivity index (χ0v) is 15.4. The largest absolute Gasteiger partial charge is 0.348 e. The van der Waals surface area contributed by atoms with Crippen molar-refractivity contribution in [1.29, 1.82) is 0 Å². The third-order valence-electron chi connectivity index (χ3n) is 3.88. The van der Waals surface area contributed by atoms with Gasteiger partial charge in [0.25, 0.3) is 0 Å². The minimum absolute atomic E-state index is 0.210. The van der Waals surface area contributed by atoms with Gasteiger partial charge in [0, 0.05) is 47.2 Å². The van der Waals surface area contributed by atoms with Crippen molar-refractivity contribution in [1.82, 2.24) is 14.9 Å². The van der Waals surface area contributed by atoms with Crippen molar-refractivity contribution in [2.75, 3.05) is 0 Å². The van der Waals surface area contributed by atoms with Gasteiger partial charge in [0.05, 0.1) is 6.33 Å². The van der Waals surface area contributed by atoms with Crippen molar-refractivity contribution in [3.63, 3.8) is 0 Å². The average molecular weight is 386 g/mol. The summed E-state index contributed by atoms with van der Waals surface area (Å²) < 4.78 is 1.99. The molecule has 132 valence electrons. The number of nitrogens with zero attached hydrogens (tertiary/aromatic N) is 2. The third kappa shape index (κ3) is 4.75. The quantitative estimate of drug-likeness (QED) is 0.631. The zero-order valence-electron chi connectivity index (χ0n) is 13.9. The molecule has 0 saturated carbocycles. The number of aromatic nitrogens is 2. The lowest BCUT2D eigenvalue weighted by atomic mass is 10.1. The van der Waals surface area contributed by atoms with E-state index in [9.17, 15) is 4.79 Å². The predicted molar refractivity (Wildman–Crippen MR) is 105 cm³/mol. The number of rotatable bonds is 6. The molecule has 0 aliphatic carbocycles. The van der Waals surface area contributed by atoms with Gasteiger partial charge in [0.1, 0.15) is 0 Å². The molecule has 0 aliphatic rings. The first-order valence-corrected chi connectivity index (χ1v) is 8.81. The van der Waals surface area contributed by atoms with Crippen LogP contribution in [0, 0.1) is 0 Å². The summed E-state index contributed by atoms with van der Waals surface area (Å²) in [5.41, 5.74) is 2.81. The summed E-state index contributed by atoms with van der Waals surface area (Å²) in [4.78, 5) is 16.2. The molecule has 3 rings (SSSR count). The van der Waals surface area contributed by atoms with Crippen molar-refractivity contribution < 1.29 is 4.79 Å². The maximum absolute atomic E-state index is 12.1. The number of halogens is 2. The molecule has 26 heavy (non-hydrogen) atoms. The van der Waals surface area contributed by atoms with E-state index in [0.29, 0.717) is 28.7 Å². The molecule has 4 nitrogen and oxygen atoms in total. The first-order valence-electron chi connectivity index (χ1n) is 8.06. The highest BCUT2D eigenvalue weighted by Gasteiger charge is 2.05. The molecule has 2 aromatic carbocycles. The Morgan fingerprint density at radius 2 is 1.81 bits per heavy atom. The standard InChI is InChI=1S/C20H17Cl2N3O/c21-18-6-3-7-19(22)17(18)8-9-20(26)24-12-15-4-1-2-5-16(15)13-25-11-10-23-14-25/h1-11,14H,12-13H2,(H,24,26)/b9-8+. The van der Waals surface area contributed by atoms with Crippen LogP contribution in [-0.2, 0) is 17.9 Å². The maximum atomic E-state index is 12.1. The van der Waals surface area contributed by atoms with Crippen molar-refractivity contribution in [2.45, 2.75) is 13.1 Å². The molecular formula is C20H17Cl2N3O. The van der Waals surface area contributed by atoms with Crippen LogP contribution in [0.2, 0.25) is 10.0 Å². The van der Waals surface area contributed by atoms with Crippen LogP contribution in [0.5, 0.6) is 0 Å². The average Bonchev–Trinajstić information content (AvgIpc) is 3.13. The number of imidazole rings is 1. The van der Waals surface area contributed by atoms with Crippen molar-refractivity contribution >= 4 is 35.2 Å². The lowest BCUT2D eigenvalue weighted by Gasteiger charge is -2.10. The number of hydrogen-bond donors (Lipinski definition) is 1. The van der Waals surface area contributed by atoms with Gasteiger partial charge in [-0.15, -0.1) is 0 Å². The van der Waals surface area contributed by atoms with E-state index < -0.39 is 0 Å². The topological polar surface area (TPSA) is 46.9 Å². The summed E-state index contributed by atoms with van der Waals surface area (Å²) >= 11 is 12.2. The number of nitrogens with one attached hydrogen (secondary N) is 1. The minimum atomic E-state index is -0.210. The molecule has 6 heteroatoms. The lowest BCUT2D eigenvalue weighted by Crippen LogP contribution is -2.21. The molecule has 0 radical (unpaired) electrons. The second-order valence-corrected chi connectivity index (χ2v) is 6.50. The van der Waals surface area contributed by atoms with E-state index in [1.165, 1.54) is 6.08 Å². The minimum Gasteiger partial charge on any atom is -0.348 e. The molecule has 1 heterocycles. The number of carbonyl (C=O) groups excluding carboxylic acids is 1. The Bertz CT molecular complexity index is 900. The van der Waals surface area contributed by atoms with Gasteiger partial charge in [-0.3, -0.25) is 4.79 Å². The number of amides is 1. The van der Waals surface area contributed by atoms with Gasteiger partial charge in [-0.2, -0.15) is 0 Å². The second-order valence-electron chi connectivity index (χ2n) is 5.69. The van der Waals surface area contributed by atoms with Crippen LogP contribution < -0.4 is 5.32 Å². The Hall–Kier alpha value is -2.56. The van der Waals surface area contributed by atoms with E-state index in [1.807, 2.05) is 35.0 Å². The van der Waals surface area contributed by atoms with Crippen molar-refractivity contribution in [3.8, 4) is 0 Å². The van der Waals surface area contributed by atoms with Gasteiger partial charge < -0.3 is 9.88 Å². The number of carbonyl (C=O) groups is 1. The van der Waals surface area contributed by atoms with E-state index in [0.717, 1.165) is 11.1 Å². The first-order chi connectivity index (χ1) is 12.6. The summed E-state index contributed by atoms with van der Waals surface area (Å²) in [5.74, 6) is -0.210. The van der Waals surface area contributed by atoms with Gasteiger partial charge in [-0.05, 0) is 29.3 Å². The number of hydrogen-bond acceptors (Lipinski definition) is 2. The highest BCUT2D eigenvalue weighted by molar-refractivity contribution is 6.37. The molecule has 3 aromatic rings. The molecule has 0 bridgehead atoms. The summed E-state index contributed by atoms with van der Waals surface area (Å²) in [6.45, 7) is 1.14. The summed E-state index contributed by atoms with van der Waals surface area (Å²) in [5, 5.41) is 3.90. The molecular weight excluding hydrogens is 369 g/mol. The van der Waals surface area contributed by atoms with E-state index >= 15 is 0 Å². The van der Waals surface area contributed by atoms with E-state index in [1.54, 1.807) is 36.8 Å². The maximum Gasteiger partial charge on any atom is 0.244 e. The van der Waals surface area contributed by atoms with Crippen molar-refractivity contribution in [2.24, 2.45) is 0 Å². The Morgan fingerprint density at radius 3 is 2.50 bits per heavy atom. The highest BCUT2D eigenvalue weighted by atomic mass is 35.5. The van der Waals surface area contributed by atoms with Crippen molar-refractivity contribution in [3.05, 3.63) is 94.0 Å². The normalized spacial score (nSPS) is 11.0. The summed E-state index contributed by atoms with van der Waals surface area (Å²) in [6, 6.07) is 13.2. The molecule has 1 amide bonds. The first kappa shape index (κ1) is 18.2. The van der Waals surface area contributed by atoms with Crippen LogP contribution in [-0.4, -0.2) is 15.5 Å². The van der Waals surface area contributed by atoms with Gasteiger partial charge in [-0.1, -0.05) is 53.5 Å². The van der Waals surface area contributed by atoms with Crippen LogP contribution >= 0.6 is 23.2 Å². The molecule has 0 atom stereocenters. The molecule has 1 N–H and O–H groups in total. The Labute approximate surface area is 162 Å². The van der Waals surface area contributed by atoms with E-state index in [2.05, 4.69) is 10.3 Å². The lowest BCUT2D eigenvalue weighted by molar-refractivity contribution is -0.116. The van der Waals surface area contributed by atoms with E-state index in [-0.39, 0.29) is 5.91 Å². The molecule has 1 aromatic heterocycles. The Balaban J connectivity index is 1.64. The third-order valence-corrected chi connectivity index (χ3v) is 4.54. The van der Waals surface area contributed by atoms with Gasteiger partial charge in [-0.25, -0.2) is 4.98 Å². The monoisotopic (exact) mass is 385 g/mol.